The molecule has 2 aromatic carbocycles. The zero-order chi connectivity index (χ0) is 24.1. The molecule has 1 amide bonds. The Kier molecular flexibility index (Phi) is 6.60. The van der Waals surface area contributed by atoms with Crippen LogP contribution in [-0.2, 0) is 0 Å². The zero-order valence-corrected chi connectivity index (χ0v) is 17.9. The van der Waals surface area contributed by atoms with Crippen LogP contribution < -0.4 is 15.4 Å². The van der Waals surface area contributed by atoms with E-state index in [1.807, 2.05) is 0 Å². The molecular formula is C23H15ClF3N5O2. The normalized spacial score (nSPS) is 11.1. The van der Waals surface area contributed by atoms with Gasteiger partial charge in [0.1, 0.15) is 11.6 Å². The molecule has 2 heterocycles. The van der Waals surface area contributed by atoms with Crippen molar-refractivity contribution in [3.8, 4) is 17.0 Å². The van der Waals surface area contributed by atoms with Gasteiger partial charge in [-0.2, -0.15) is 0 Å². The van der Waals surface area contributed by atoms with Gasteiger partial charge in [-0.3, -0.25) is 10.1 Å². The number of aromatic nitrogens is 3. The number of ether oxygens (including phenoxy) is 1. The van der Waals surface area contributed by atoms with E-state index in [0.717, 1.165) is 0 Å². The number of pyridine rings is 1. The fourth-order valence-electron chi connectivity index (χ4n) is 2.93. The molecule has 172 valence electrons. The molecule has 0 atom stereocenters. The molecule has 2 aromatic heterocycles. The number of amides is 1. The minimum atomic E-state index is -4.76. The Balaban J connectivity index is 1.48. The molecule has 11 heteroatoms. The van der Waals surface area contributed by atoms with Crippen molar-refractivity contribution in [3.63, 3.8) is 0 Å². The van der Waals surface area contributed by atoms with E-state index in [0.29, 0.717) is 33.3 Å². The van der Waals surface area contributed by atoms with E-state index >= 15 is 0 Å². The molecule has 7 nitrogen and oxygen atoms in total. The number of alkyl halides is 3. The van der Waals surface area contributed by atoms with Crippen molar-refractivity contribution >= 4 is 35.0 Å². The molecule has 0 bridgehead atoms. The van der Waals surface area contributed by atoms with Crippen LogP contribution in [-0.4, -0.2) is 27.2 Å². The minimum absolute atomic E-state index is 0.106. The molecule has 0 fully saturated rings. The van der Waals surface area contributed by atoms with Crippen molar-refractivity contribution in [3.05, 3.63) is 89.7 Å². The predicted octanol–water partition coefficient (Wildman–Crippen LogP) is 6.09. The van der Waals surface area contributed by atoms with Gasteiger partial charge < -0.3 is 10.1 Å². The smallest absolute Gasteiger partial charge is 0.406 e. The van der Waals surface area contributed by atoms with Crippen LogP contribution in [0.15, 0.2) is 79.1 Å². The lowest BCUT2D eigenvalue weighted by Gasteiger charge is -2.11. The zero-order valence-electron chi connectivity index (χ0n) is 17.2. The molecule has 34 heavy (non-hydrogen) atoms. The van der Waals surface area contributed by atoms with Crippen molar-refractivity contribution in [2.45, 2.75) is 6.36 Å². The number of rotatable bonds is 6. The highest BCUT2D eigenvalue weighted by atomic mass is 35.5. The van der Waals surface area contributed by atoms with E-state index in [2.05, 4.69) is 30.3 Å². The van der Waals surface area contributed by atoms with E-state index < -0.39 is 12.3 Å². The van der Waals surface area contributed by atoms with Gasteiger partial charge in [-0.15, -0.1) is 13.2 Å². The number of hydrogen-bond donors (Lipinski definition) is 2. The third-order valence-corrected chi connectivity index (χ3v) is 4.62. The molecule has 0 radical (unpaired) electrons. The summed E-state index contributed by atoms with van der Waals surface area (Å²) in [6.45, 7) is 0. The topological polar surface area (TPSA) is 89.0 Å². The summed E-state index contributed by atoms with van der Waals surface area (Å²) in [7, 11) is 0. The number of halogens is 4. The second kappa shape index (κ2) is 9.75. The van der Waals surface area contributed by atoms with Gasteiger partial charge in [0.25, 0.3) is 5.91 Å². The quantitative estimate of drug-likeness (QED) is 0.344. The second-order valence-corrected chi connectivity index (χ2v) is 7.29. The number of anilines is 3. The first kappa shape index (κ1) is 23.0. The highest BCUT2D eigenvalue weighted by molar-refractivity contribution is 6.31. The summed E-state index contributed by atoms with van der Waals surface area (Å²) in [5.41, 5.74) is 2.07. The van der Waals surface area contributed by atoms with Crippen LogP contribution in [0.1, 0.15) is 10.4 Å². The first-order chi connectivity index (χ1) is 16.2. The molecule has 4 rings (SSSR count). The van der Waals surface area contributed by atoms with E-state index in [4.69, 9.17) is 11.6 Å². The Morgan fingerprint density at radius 3 is 2.44 bits per heavy atom. The molecule has 0 aliphatic rings. The number of nitrogens with zero attached hydrogens (tertiary/aromatic N) is 3. The first-order valence-electron chi connectivity index (χ1n) is 9.74. The standard InChI is InChI=1S/C23H15ClF3N5O2/c24-16-3-1-2-15(12-16)21(33)32-22-29-11-9-19(31-22)14-8-10-28-20(13-14)30-17-4-6-18(7-5-17)34-23(25,26)27/h1-13H,(H,28,30)(H,29,31,32,33). The maximum atomic E-state index is 12.4. The van der Waals surface area contributed by atoms with Crippen molar-refractivity contribution in [2.24, 2.45) is 0 Å². The van der Waals surface area contributed by atoms with Crippen LogP contribution in [0.4, 0.5) is 30.6 Å². The van der Waals surface area contributed by atoms with E-state index in [1.54, 1.807) is 42.6 Å². The number of carbonyl (C=O) groups is 1. The van der Waals surface area contributed by atoms with E-state index in [1.165, 1.54) is 36.5 Å². The van der Waals surface area contributed by atoms with Gasteiger partial charge in [-0.25, -0.2) is 15.0 Å². The lowest BCUT2D eigenvalue weighted by atomic mass is 10.2. The Labute approximate surface area is 196 Å². The van der Waals surface area contributed by atoms with Crippen LogP contribution in [0.2, 0.25) is 5.02 Å². The summed E-state index contributed by atoms with van der Waals surface area (Å²) in [5, 5.41) is 6.06. The number of benzene rings is 2. The highest BCUT2D eigenvalue weighted by Crippen LogP contribution is 2.26. The van der Waals surface area contributed by atoms with Crippen LogP contribution in [0, 0.1) is 0 Å². The number of nitrogens with one attached hydrogen (secondary N) is 2. The summed E-state index contributed by atoms with van der Waals surface area (Å²) in [6, 6.07) is 16.8. The maximum absolute atomic E-state index is 12.4. The molecule has 0 spiro atoms. The molecule has 0 unspecified atom stereocenters. The Morgan fingerprint density at radius 1 is 0.941 bits per heavy atom. The van der Waals surface area contributed by atoms with Gasteiger partial charge >= 0.3 is 6.36 Å². The van der Waals surface area contributed by atoms with E-state index in [9.17, 15) is 18.0 Å². The first-order valence-corrected chi connectivity index (χ1v) is 10.1. The molecule has 0 aliphatic carbocycles. The summed E-state index contributed by atoms with van der Waals surface area (Å²) in [5.74, 6) is -0.193. The fraction of sp³-hybridized carbons (Fsp3) is 0.0435. The van der Waals surface area contributed by atoms with Crippen molar-refractivity contribution < 1.29 is 22.7 Å². The maximum Gasteiger partial charge on any atom is 0.573 e. The highest BCUT2D eigenvalue weighted by Gasteiger charge is 2.30. The third kappa shape index (κ3) is 6.20. The Morgan fingerprint density at radius 2 is 1.71 bits per heavy atom. The lowest BCUT2D eigenvalue weighted by molar-refractivity contribution is -0.274. The lowest BCUT2D eigenvalue weighted by Crippen LogP contribution is -2.16. The molecule has 2 N–H and O–H groups in total. The molecule has 4 aromatic rings. The van der Waals surface area contributed by atoms with Crippen molar-refractivity contribution in [2.75, 3.05) is 10.6 Å². The molecule has 0 saturated heterocycles. The average Bonchev–Trinajstić information content (AvgIpc) is 2.80. The van der Waals surface area contributed by atoms with Gasteiger partial charge in [0.2, 0.25) is 5.95 Å². The SMILES string of the molecule is O=C(Nc1nccc(-c2ccnc(Nc3ccc(OC(F)(F)F)cc3)c2)n1)c1cccc(Cl)c1. The van der Waals surface area contributed by atoms with Gasteiger partial charge in [0, 0.05) is 34.2 Å². The van der Waals surface area contributed by atoms with Crippen LogP contribution >= 0.6 is 11.6 Å². The summed E-state index contributed by atoms with van der Waals surface area (Å²) >= 11 is 5.93. The molecule has 0 aliphatic heterocycles. The van der Waals surface area contributed by atoms with Gasteiger partial charge in [-0.05, 0) is 60.7 Å². The average molecular weight is 486 g/mol. The summed E-state index contributed by atoms with van der Waals surface area (Å²) < 4.78 is 40.8. The van der Waals surface area contributed by atoms with Gasteiger partial charge in [0.05, 0.1) is 5.69 Å². The third-order valence-electron chi connectivity index (χ3n) is 4.38. The van der Waals surface area contributed by atoms with Crippen LogP contribution in [0.5, 0.6) is 5.75 Å². The van der Waals surface area contributed by atoms with Crippen molar-refractivity contribution in [1.29, 1.82) is 0 Å². The second-order valence-electron chi connectivity index (χ2n) is 6.86. The van der Waals surface area contributed by atoms with Crippen LogP contribution in [0.25, 0.3) is 11.3 Å². The number of carbonyl (C=O) groups excluding carboxylic acids is 1. The van der Waals surface area contributed by atoms with Gasteiger partial charge in [0.15, 0.2) is 0 Å². The fourth-order valence-corrected chi connectivity index (χ4v) is 3.12. The van der Waals surface area contributed by atoms with Gasteiger partial charge in [-0.1, -0.05) is 17.7 Å². The minimum Gasteiger partial charge on any atom is -0.406 e. The molecule has 0 saturated carbocycles. The summed E-state index contributed by atoms with van der Waals surface area (Å²) in [6.07, 6.45) is -1.71. The number of hydrogen-bond acceptors (Lipinski definition) is 6. The monoisotopic (exact) mass is 485 g/mol. The van der Waals surface area contributed by atoms with Crippen molar-refractivity contribution in [1.82, 2.24) is 15.0 Å². The largest absolute Gasteiger partial charge is 0.573 e. The summed E-state index contributed by atoms with van der Waals surface area (Å²) in [4.78, 5) is 25.1. The Hall–Kier alpha value is -4.18. The van der Waals surface area contributed by atoms with E-state index in [-0.39, 0.29) is 11.7 Å². The Bertz CT molecular complexity index is 1320. The predicted molar refractivity (Wildman–Crippen MR) is 121 cm³/mol. The molecular weight excluding hydrogens is 471 g/mol. The van der Waals surface area contributed by atoms with Crippen LogP contribution in [0.3, 0.4) is 0 Å².